The number of aromatic nitrogens is 4. The minimum Gasteiger partial charge on any atom is -0.384 e. The van der Waals surface area contributed by atoms with Gasteiger partial charge in [-0.2, -0.15) is 5.10 Å². The zero-order valence-electron chi connectivity index (χ0n) is 15.5. The van der Waals surface area contributed by atoms with Crippen molar-refractivity contribution in [2.45, 2.75) is 4.90 Å². The lowest BCUT2D eigenvalue weighted by atomic mass is 10.2. The minimum atomic E-state index is -0.289. The first-order valence-electron chi connectivity index (χ1n) is 8.87. The van der Waals surface area contributed by atoms with Crippen molar-refractivity contribution in [1.29, 1.82) is 0 Å². The smallest absolute Gasteiger partial charge is 0.256 e. The number of aromatic amines is 2. The van der Waals surface area contributed by atoms with E-state index in [1.165, 1.54) is 0 Å². The average Bonchev–Trinajstić information content (AvgIpc) is 3.36. The van der Waals surface area contributed by atoms with Gasteiger partial charge in [0, 0.05) is 29.4 Å². The number of carbonyl (C=O) groups is 1. The molecule has 0 spiro atoms. The number of methoxy groups -OCH3 is 1. The van der Waals surface area contributed by atoms with E-state index in [1.54, 1.807) is 37.1 Å². The molecule has 0 aliphatic rings. The lowest BCUT2D eigenvalue weighted by Gasteiger charge is -2.07. The van der Waals surface area contributed by atoms with Crippen LogP contribution in [0.4, 0.5) is 5.82 Å². The number of imidazole rings is 1. The lowest BCUT2D eigenvalue weighted by molar-refractivity contribution is 0.102. The number of rotatable bonds is 7. The van der Waals surface area contributed by atoms with Crippen molar-refractivity contribution >= 4 is 46.1 Å². The highest BCUT2D eigenvalue weighted by atomic mass is 35.5. The summed E-state index contributed by atoms with van der Waals surface area (Å²) in [5.74, 6) is 1.56. The Balaban J connectivity index is 1.45. The van der Waals surface area contributed by atoms with Crippen LogP contribution in [-0.4, -0.2) is 45.5 Å². The van der Waals surface area contributed by atoms with Crippen molar-refractivity contribution in [2.24, 2.45) is 0 Å². The molecule has 2 aromatic carbocycles. The van der Waals surface area contributed by atoms with E-state index in [0.717, 1.165) is 21.7 Å². The molecule has 0 saturated carbocycles. The predicted octanol–water partition coefficient (Wildman–Crippen LogP) is 4.60. The molecule has 2 heterocycles. The molecular formula is C20H18ClN5O2S. The van der Waals surface area contributed by atoms with Gasteiger partial charge in [0.25, 0.3) is 5.91 Å². The fourth-order valence-corrected chi connectivity index (χ4v) is 3.95. The number of hydrogen-bond acceptors (Lipinski definition) is 5. The number of para-hydroxylation sites is 2. The van der Waals surface area contributed by atoms with Crippen LogP contribution in [0.2, 0.25) is 5.02 Å². The second-order valence-electron chi connectivity index (χ2n) is 6.21. The van der Waals surface area contributed by atoms with Gasteiger partial charge in [-0.25, -0.2) is 4.98 Å². The summed E-state index contributed by atoms with van der Waals surface area (Å²) in [5.41, 5.74) is 2.93. The van der Waals surface area contributed by atoms with Crippen molar-refractivity contribution in [3.8, 4) is 11.5 Å². The highest BCUT2D eigenvalue weighted by Crippen LogP contribution is 2.28. The summed E-state index contributed by atoms with van der Waals surface area (Å²) < 4.78 is 5.04. The molecule has 0 atom stereocenters. The Morgan fingerprint density at radius 2 is 2.10 bits per heavy atom. The summed E-state index contributed by atoms with van der Waals surface area (Å²) in [7, 11) is 1.66. The minimum absolute atomic E-state index is 0.289. The van der Waals surface area contributed by atoms with Gasteiger partial charge in [0.15, 0.2) is 11.6 Å². The van der Waals surface area contributed by atoms with Gasteiger partial charge in [0.2, 0.25) is 0 Å². The number of H-pyrrole nitrogens is 2. The Kier molecular flexibility index (Phi) is 5.84. The van der Waals surface area contributed by atoms with Crippen LogP contribution in [0, 0.1) is 0 Å². The molecule has 0 aliphatic carbocycles. The maximum absolute atomic E-state index is 12.6. The number of amides is 1. The Labute approximate surface area is 176 Å². The van der Waals surface area contributed by atoms with Crippen molar-refractivity contribution in [1.82, 2.24) is 20.2 Å². The van der Waals surface area contributed by atoms with Gasteiger partial charge in [0.1, 0.15) is 5.69 Å². The number of carbonyl (C=O) groups excluding carboxylic acids is 1. The number of halogens is 1. The number of nitrogens with one attached hydrogen (secondary N) is 3. The highest BCUT2D eigenvalue weighted by Gasteiger charge is 2.13. The molecule has 0 fully saturated rings. The van der Waals surface area contributed by atoms with E-state index in [-0.39, 0.29) is 5.91 Å². The average molecular weight is 428 g/mol. The van der Waals surface area contributed by atoms with Crippen LogP contribution in [0.25, 0.3) is 22.6 Å². The Morgan fingerprint density at radius 3 is 2.90 bits per heavy atom. The molecular weight excluding hydrogens is 410 g/mol. The van der Waals surface area contributed by atoms with Crippen LogP contribution in [0.1, 0.15) is 10.4 Å². The van der Waals surface area contributed by atoms with Crippen molar-refractivity contribution < 1.29 is 9.53 Å². The molecule has 0 unspecified atom stereocenters. The molecule has 7 nitrogen and oxygen atoms in total. The van der Waals surface area contributed by atoms with Crippen molar-refractivity contribution in [2.75, 3.05) is 24.8 Å². The molecule has 1 amide bonds. The van der Waals surface area contributed by atoms with Crippen LogP contribution in [-0.2, 0) is 4.74 Å². The normalized spacial score (nSPS) is 11.1. The molecule has 2 aromatic heterocycles. The fraction of sp³-hybridized carbons (Fsp3) is 0.150. The molecule has 3 N–H and O–H groups in total. The molecule has 0 saturated heterocycles. The van der Waals surface area contributed by atoms with E-state index >= 15 is 0 Å². The molecule has 0 radical (unpaired) electrons. The van der Waals surface area contributed by atoms with E-state index in [9.17, 15) is 4.79 Å². The standard InChI is InChI=1S/C20H18ClN5O2S/c1-28-8-9-29-17-7-6-12(10-13(17)21)20(27)24-18-11-16(25-26-18)19-22-14-4-2-3-5-15(14)23-19/h2-7,10-11H,8-9H2,1H3,(H,22,23)(H2,24,25,26,27). The summed E-state index contributed by atoms with van der Waals surface area (Å²) in [5, 5.41) is 10.3. The van der Waals surface area contributed by atoms with Crippen LogP contribution in [0.3, 0.4) is 0 Å². The van der Waals surface area contributed by atoms with Crippen molar-refractivity contribution in [3.63, 3.8) is 0 Å². The van der Waals surface area contributed by atoms with E-state index in [2.05, 4.69) is 25.5 Å². The monoisotopic (exact) mass is 427 g/mol. The summed E-state index contributed by atoms with van der Waals surface area (Å²) in [6.07, 6.45) is 0. The number of benzene rings is 2. The van der Waals surface area contributed by atoms with Crippen LogP contribution < -0.4 is 5.32 Å². The number of nitrogens with zero attached hydrogens (tertiary/aromatic N) is 2. The molecule has 9 heteroatoms. The van der Waals surface area contributed by atoms with E-state index in [0.29, 0.717) is 34.5 Å². The first-order valence-corrected chi connectivity index (χ1v) is 10.2. The maximum Gasteiger partial charge on any atom is 0.256 e. The predicted molar refractivity (Wildman–Crippen MR) is 116 cm³/mol. The van der Waals surface area contributed by atoms with E-state index in [4.69, 9.17) is 16.3 Å². The lowest BCUT2D eigenvalue weighted by Crippen LogP contribution is -2.12. The fourth-order valence-electron chi connectivity index (χ4n) is 2.77. The summed E-state index contributed by atoms with van der Waals surface area (Å²) >= 11 is 7.88. The first-order chi connectivity index (χ1) is 14.1. The zero-order valence-corrected chi connectivity index (χ0v) is 17.1. The van der Waals surface area contributed by atoms with Gasteiger partial charge in [-0.1, -0.05) is 23.7 Å². The van der Waals surface area contributed by atoms with Gasteiger partial charge in [-0.05, 0) is 30.3 Å². The molecule has 4 rings (SSSR count). The third-order valence-electron chi connectivity index (χ3n) is 4.20. The topological polar surface area (TPSA) is 95.7 Å². The molecule has 0 bridgehead atoms. The largest absolute Gasteiger partial charge is 0.384 e. The summed E-state index contributed by atoms with van der Waals surface area (Å²) in [6.45, 7) is 0.635. The number of thioether (sulfide) groups is 1. The molecule has 148 valence electrons. The number of hydrogen-bond donors (Lipinski definition) is 3. The second-order valence-corrected chi connectivity index (χ2v) is 7.75. The second kappa shape index (κ2) is 8.69. The van der Waals surface area contributed by atoms with Gasteiger partial charge < -0.3 is 15.0 Å². The van der Waals surface area contributed by atoms with E-state index < -0.39 is 0 Å². The Morgan fingerprint density at radius 1 is 1.24 bits per heavy atom. The third kappa shape index (κ3) is 4.45. The highest BCUT2D eigenvalue weighted by molar-refractivity contribution is 7.99. The maximum atomic E-state index is 12.6. The summed E-state index contributed by atoms with van der Waals surface area (Å²) in [6, 6.07) is 14.7. The van der Waals surface area contributed by atoms with Crippen LogP contribution in [0.5, 0.6) is 0 Å². The SMILES string of the molecule is COCCSc1ccc(C(=O)Nc2cc(-c3nc4ccccc4[nH]3)[nH]n2)cc1Cl. The number of anilines is 1. The first kappa shape index (κ1) is 19.5. The zero-order chi connectivity index (χ0) is 20.2. The quantitative estimate of drug-likeness (QED) is 0.296. The molecule has 4 aromatic rings. The van der Waals surface area contributed by atoms with Crippen molar-refractivity contribution in [3.05, 3.63) is 59.1 Å². The van der Waals surface area contributed by atoms with Gasteiger partial charge >= 0.3 is 0 Å². The van der Waals surface area contributed by atoms with Gasteiger partial charge in [-0.3, -0.25) is 9.89 Å². The Bertz CT molecular complexity index is 1120. The third-order valence-corrected chi connectivity index (χ3v) is 5.67. The molecule has 29 heavy (non-hydrogen) atoms. The van der Waals surface area contributed by atoms with Gasteiger partial charge in [-0.15, -0.1) is 11.8 Å². The van der Waals surface area contributed by atoms with Crippen LogP contribution >= 0.6 is 23.4 Å². The van der Waals surface area contributed by atoms with Gasteiger partial charge in [0.05, 0.1) is 22.7 Å². The number of ether oxygens (including phenoxy) is 1. The van der Waals surface area contributed by atoms with E-state index in [1.807, 2.05) is 30.3 Å². The molecule has 0 aliphatic heterocycles. The Hall–Kier alpha value is -2.81. The summed E-state index contributed by atoms with van der Waals surface area (Å²) in [4.78, 5) is 21.2. The number of fused-ring (bicyclic) bond motifs is 1. The van der Waals surface area contributed by atoms with Crippen LogP contribution in [0.15, 0.2) is 53.4 Å².